The molecular formula is C100H36N20. The number of benzene rings is 18. The zero-order valence-electron chi connectivity index (χ0n) is 61.7. The van der Waals surface area contributed by atoms with Crippen molar-refractivity contribution in [2.75, 3.05) is 0 Å². The monoisotopic (exact) mass is 1520 g/mol. The third-order valence-electron chi connectivity index (χ3n) is 21.4. The van der Waals surface area contributed by atoms with Gasteiger partial charge in [0.25, 0.3) is 11.6 Å². The molecule has 20 rings (SSSR count). The summed E-state index contributed by atoms with van der Waals surface area (Å²) in [6.45, 7) is 60.3. The summed E-state index contributed by atoms with van der Waals surface area (Å²) in [5.74, 6) is -0.137. The Morgan fingerprint density at radius 1 is 0.217 bits per heavy atom. The van der Waals surface area contributed by atoms with Crippen molar-refractivity contribution in [2.24, 2.45) is 0 Å². The van der Waals surface area contributed by atoms with Gasteiger partial charge in [0, 0.05) is 33.9 Å². The van der Waals surface area contributed by atoms with Crippen LogP contribution in [0.25, 0.3) is 212 Å². The fraction of sp³-hybridized carbons (Fsp3) is 0. The summed E-state index contributed by atoms with van der Waals surface area (Å²) in [4.78, 5) is 45.8. The fourth-order valence-electron chi connectivity index (χ4n) is 16.1. The molecule has 536 valence electrons. The van der Waals surface area contributed by atoms with E-state index in [1.165, 1.54) is 6.07 Å². The van der Waals surface area contributed by atoms with E-state index in [1.807, 2.05) is 115 Å². The summed E-state index contributed by atoms with van der Waals surface area (Å²) >= 11 is 0. The first-order valence-electron chi connectivity index (χ1n) is 36.0. The van der Waals surface area contributed by atoms with Crippen LogP contribution in [0, 0.1) is 143 Å². The van der Waals surface area contributed by atoms with Gasteiger partial charge >= 0.3 is 0 Å². The van der Waals surface area contributed by atoms with Crippen LogP contribution in [0.15, 0.2) is 219 Å². The summed E-state index contributed by atoms with van der Waals surface area (Å²) in [7, 11) is 0. The number of hydrogen-bond donors (Lipinski definition) is 0. The van der Waals surface area contributed by atoms with Crippen LogP contribution < -0.4 is 0 Å². The minimum Gasteiger partial charge on any atom is -0.370 e. The minimum atomic E-state index is -0.180. The highest BCUT2D eigenvalue weighted by molar-refractivity contribution is 6.35. The highest BCUT2D eigenvalue weighted by Crippen LogP contribution is 2.53. The maximum absolute atomic E-state index is 10.1. The minimum absolute atomic E-state index is 0.0000449. The second-order valence-electron chi connectivity index (χ2n) is 27.4. The second kappa shape index (κ2) is 29.4. The van der Waals surface area contributed by atoms with Crippen molar-refractivity contribution >= 4 is 219 Å². The third-order valence-corrected chi connectivity index (χ3v) is 21.4. The molecule has 0 fully saturated rings. The number of nitrogens with zero attached hydrogens (tertiary/aromatic N) is 20. The van der Waals surface area contributed by atoms with Gasteiger partial charge < -0.3 is 9.69 Å². The molecule has 0 aliphatic carbocycles. The number of hydrogen-bond acceptors (Lipinski definition) is 12. The molecule has 20 aromatic rings. The maximum Gasteiger partial charge on any atom is 0.294 e. The van der Waals surface area contributed by atoms with Crippen molar-refractivity contribution in [3.05, 3.63) is 354 Å². The van der Waals surface area contributed by atoms with Gasteiger partial charge in [0.15, 0.2) is 17.1 Å². The normalized spacial score (nSPS) is 10.5. The van der Waals surface area contributed by atoms with Gasteiger partial charge in [-0.25, -0.2) is 4.85 Å². The smallest absolute Gasteiger partial charge is 0.294 e. The van der Waals surface area contributed by atoms with Crippen molar-refractivity contribution in [1.82, 2.24) is 19.9 Å². The summed E-state index contributed by atoms with van der Waals surface area (Å²) in [6.07, 6.45) is 3.33. The summed E-state index contributed by atoms with van der Waals surface area (Å²) in [5.41, 5.74) is 4.88. The van der Waals surface area contributed by atoms with Crippen LogP contribution in [-0.4, -0.2) is 19.9 Å². The SMILES string of the molecule is N#Cc1cc2c3cc4ccccc4cc3c3nccnc3c2cc1C#N.[C-]#[N+]c1c([N+]#[C-])c([N+]#[C-])c2c3cc4ccccc4cc3c3cc(C#N)c(C#N)cc3c2c1C#N.[C-]#[N+]c1cc2c(cc1C#N)c1cc3ccccc3cc1c1cc([N+]#[C-])c([N+]#[C-])cc21.[C-]#[N+]c1nc2c3cc(C#N)c(C#N)cc3c3cc4ccccc4cc3c2nc1[N+]#[C-]. The van der Waals surface area contributed by atoms with Gasteiger partial charge in [0.2, 0.25) is 28.1 Å². The molecule has 2 heterocycles. The quantitative estimate of drug-likeness (QED) is 0.0778. The van der Waals surface area contributed by atoms with Crippen LogP contribution in [0.5, 0.6) is 0 Å². The molecule has 2 aromatic heterocycles. The van der Waals surface area contributed by atoms with E-state index in [9.17, 15) is 42.1 Å². The lowest BCUT2D eigenvalue weighted by molar-refractivity contribution is 1.31. The number of fused-ring (bicyclic) bond motifs is 28. The van der Waals surface area contributed by atoms with E-state index in [2.05, 4.69) is 138 Å². The lowest BCUT2D eigenvalue weighted by atomic mass is 9.87. The lowest BCUT2D eigenvalue weighted by Crippen LogP contribution is -1.93. The molecule has 0 saturated heterocycles. The Morgan fingerprint density at radius 3 is 0.808 bits per heavy atom. The third kappa shape index (κ3) is 11.5. The molecule has 120 heavy (non-hydrogen) atoms. The van der Waals surface area contributed by atoms with E-state index >= 15 is 0 Å². The topological polar surface area (TPSA) is 277 Å². The van der Waals surface area contributed by atoms with Gasteiger partial charge in [0.1, 0.15) is 36.4 Å². The molecule has 0 aliphatic rings. The predicted octanol–water partition coefficient (Wildman–Crippen LogP) is 26.2. The standard InChI is InChI=1S/C28H8N6.C26H10N4.C24H8N6.C22H10N4/c1-32-26-23(14-31)24-21-11-18(13-30)17(12-29)10-20(21)19-8-15-6-4-5-7-16(15)9-22(19)25(24)27(33-2)28(26)34-3;1-28-24-11-21-20(10-17(24)14-27)18-8-15-6-4-5-7-16(15)9-19(18)22-12-25(29-2)26(30-3)13-23(21)22;1-27-23-24(28-2)30-22-20-10-16(12-26)15(11-25)9-18(20)17-7-13-5-3-4-6-14(13)8-19(17)21(22)29-23;23-11-15-9-18-17-7-13-3-1-2-4-14(13)8-19(17)21-22(26-6-5-25-21)20(18)10-16(15)12-24/h4-11H;4-13H;3-10H;1-10H. The van der Waals surface area contributed by atoms with Crippen LogP contribution in [0.2, 0.25) is 0 Å². The van der Waals surface area contributed by atoms with Crippen molar-refractivity contribution in [1.29, 1.82) is 42.1 Å². The first-order chi connectivity index (χ1) is 58.8. The average molecular weight is 1520 g/mol. The highest BCUT2D eigenvalue weighted by Gasteiger charge is 2.28. The van der Waals surface area contributed by atoms with Gasteiger partial charge in [0.05, 0.1) is 107 Å². The highest BCUT2D eigenvalue weighted by atomic mass is 15.0. The van der Waals surface area contributed by atoms with Crippen molar-refractivity contribution in [2.45, 2.75) is 0 Å². The van der Waals surface area contributed by atoms with Gasteiger partial charge in [-0.2, -0.15) is 42.1 Å². The van der Waals surface area contributed by atoms with E-state index in [4.69, 9.17) is 52.6 Å². The molecule has 0 amide bonds. The average Bonchev–Trinajstić information content (AvgIpc) is 0.707. The Bertz CT molecular complexity index is 8520. The van der Waals surface area contributed by atoms with E-state index in [0.717, 1.165) is 130 Å². The van der Waals surface area contributed by atoms with Crippen LogP contribution in [0.3, 0.4) is 0 Å². The van der Waals surface area contributed by atoms with Gasteiger partial charge in [-0.15, -0.1) is 9.97 Å². The van der Waals surface area contributed by atoms with E-state index < -0.39 is 0 Å². The van der Waals surface area contributed by atoms with Crippen LogP contribution in [0.4, 0.5) is 45.8 Å². The number of aromatic nitrogens is 4. The largest absolute Gasteiger partial charge is 0.370 e. The van der Waals surface area contributed by atoms with E-state index in [0.29, 0.717) is 65.7 Å². The molecule has 0 atom stereocenters. The Hall–Kier alpha value is -19.9. The van der Waals surface area contributed by atoms with Gasteiger partial charge in [-0.1, -0.05) is 122 Å². The zero-order chi connectivity index (χ0) is 83.3. The number of rotatable bonds is 0. The molecule has 0 unspecified atom stereocenters. The molecule has 20 heteroatoms. The second-order valence-corrected chi connectivity index (χ2v) is 27.4. The first-order valence-corrected chi connectivity index (χ1v) is 36.0. The Morgan fingerprint density at radius 2 is 0.467 bits per heavy atom. The van der Waals surface area contributed by atoms with E-state index in [1.54, 1.807) is 67.0 Å². The molecule has 0 aliphatic heterocycles. The van der Waals surface area contributed by atoms with Crippen molar-refractivity contribution in [3.8, 4) is 48.6 Å². The molecule has 0 bridgehead atoms. The van der Waals surface area contributed by atoms with Gasteiger partial charge in [-0.05, 0) is 226 Å². The summed E-state index contributed by atoms with van der Waals surface area (Å²) < 4.78 is 0. The summed E-state index contributed by atoms with van der Waals surface area (Å²) in [5, 5.41) is 100. The molecule has 0 spiro atoms. The first kappa shape index (κ1) is 73.0. The van der Waals surface area contributed by atoms with Crippen LogP contribution in [0.1, 0.15) is 44.5 Å². The molecule has 0 saturated carbocycles. The molecule has 20 nitrogen and oxygen atoms in total. The zero-order valence-corrected chi connectivity index (χ0v) is 61.7. The van der Waals surface area contributed by atoms with Crippen molar-refractivity contribution < 1.29 is 0 Å². The molecule has 18 aromatic carbocycles. The molecule has 0 N–H and O–H groups in total. The fourth-order valence-corrected chi connectivity index (χ4v) is 16.1. The molecule has 0 radical (unpaired) electrons. The lowest BCUT2D eigenvalue weighted by Gasteiger charge is -2.17. The van der Waals surface area contributed by atoms with Gasteiger partial charge in [-0.3, -0.25) is 34.2 Å². The summed E-state index contributed by atoms with van der Waals surface area (Å²) in [6, 6.07) is 81.6. The Labute approximate surface area is 679 Å². The van der Waals surface area contributed by atoms with E-state index in [-0.39, 0.29) is 67.9 Å². The maximum atomic E-state index is 10.1. The Kier molecular flexibility index (Phi) is 17.9. The molecular weight excluding hydrogens is 1480 g/mol. The number of nitriles is 8. The van der Waals surface area contributed by atoms with Crippen LogP contribution in [-0.2, 0) is 0 Å². The van der Waals surface area contributed by atoms with Crippen LogP contribution >= 0.6 is 0 Å². The van der Waals surface area contributed by atoms with Crippen molar-refractivity contribution in [3.63, 3.8) is 0 Å². The predicted molar refractivity (Wildman–Crippen MR) is 465 cm³/mol. The Balaban J connectivity index is 0.000000115.